The lowest BCUT2D eigenvalue weighted by Crippen LogP contribution is -2.22. The maximum absolute atomic E-state index is 13.8. The number of benzene rings is 3. The maximum Gasteiger partial charge on any atom is 0.267 e. The normalized spacial score (nSPS) is 11.4. The number of hydrogen-bond acceptors (Lipinski definition) is 5. The molecule has 0 amide bonds. The molecule has 0 unspecified atom stereocenters. The summed E-state index contributed by atoms with van der Waals surface area (Å²) in [6, 6.07) is 19.7. The van der Waals surface area contributed by atoms with Crippen molar-refractivity contribution in [3.63, 3.8) is 0 Å². The Bertz CT molecular complexity index is 1540. The number of ether oxygens (including phenoxy) is 1. The van der Waals surface area contributed by atoms with Crippen molar-refractivity contribution >= 4 is 28.4 Å². The summed E-state index contributed by atoms with van der Waals surface area (Å²) in [4.78, 5) is 13.5. The maximum atomic E-state index is 13.8. The van der Waals surface area contributed by atoms with Gasteiger partial charge in [0.2, 0.25) is 5.78 Å². The van der Waals surface area contributed by atoms with E-state index in [4.69, 9.17) is 4.74 Å². The van der Waals surface area contributed by atoms with Gasteiger partial charge in [-0.25, -0.2) is 8.96 Å². The van der Waals surface area contributed by atoms with Gasteiger partial charge in [-0.1, -0.05) is 53.7 Å². The van der Waals surface area contributed by atoms with Crippen LogP contribution in [0.3, 0.4) is 0 Å². The Morgan fingerprint density at radius 1 is 1.00 bits per heavy atom. The summed E-state index contributed by atoms with van der Waals surface area (Å²) in [5, 5.41) is 9.96. The minimum Gasteiger partial charge on any atom is -0.490 e. The Kier molecular flexibility index (Phi) is 5.60. The van der Waals surface area contributed by atoms with E-state index in [9.17, 15) is 9.18 Å². The van der Waals surface area contributed by atoms with E-state index in [1.54, 1.807) is 22.8 Å². The zero-order chi connectivity index (χ0) is 22.9. The second-order valence-corrected chi connectivity index (χ2v) is 8.76. The summed E-state index contributed by atoms with van der Waals surface area (Å²) in [6.07, 6.45) is 0. The number of para-hydroxylation sites is 2. The lowest BCUT2D eigenvalue weighted by Gasteiger charge is -2.13. The van der Waals surface area contributed by atoms with E-state index in [0.29, 0.717) is 28.7 Å². The highest BCUT2D eigenvalue weighted by molar-refractivity contribution is 7.99. The number of hydrogen-bond donors (Lipinski definition) is 0. The molecule has 3 aromatic carbocycles. The average Bonchev–Trinajstić information content (AvgIpc) is 3.23. The van der Waals surface area contributed by atoms with Crippen LogP contribution in [-0.2, 0) is 0 Å². The first-order chi connectivity index (χ1) is 16.0. The predicted octanol–water partition coefficient (Wildman–Crippen LogP) is 4.96. The first-order valence-electron chi connectivity index (χ1n) is 10.5. The van der Waals surface area contributed by atoms with Crippen molar-refractivity contribution in [1.82, 2.24) is 19.2 Å². The molecule has 0 aliphatic carbocycles. The van der Waals surface area contributed by atoms with Crippen LogP contribution in [-0.4, -0.2) is 31.5 Å². The monoisotopic (exact) mass is 460 g/mol. The molecule has 0 saturated carbocycles. The van der Waals surface area contributed by atoms with Crippen LogP contribution in [0.25, 0.3) is 22.4 Å². The number of nitrogens with zero attached hydrogens (tertiary/aromatic N) is 4. The SMILES string of the molecule is Cc1ccc(-n2c(=O)c3ccccc3n3c(SCCOc4ccccc4F)nnc23)c(C)c1. The third-order valence-corrected chi connectivity index (χ3v) is 6.29. The van der Waals surface area contributed by atoms with Gasteiger partial charge in [-0.15, -0.1) is 10.2 Å². The van der Waals surface area contributed by atoms with Crippen LogP contribution in [0, 0.1) is 19.7 Å². The Morgan fingerprint density at radius 3 is 2.61 bits per heavy atom. The van der Waals surface area contributed by atoms with Gasteiger partial charge in [0.25, 0.3) is 5.56 Å². The van der Waals surface area contributed by atoms with Gasteiger partial charge in [0.15, 0.2) is 16.7 Å². The van der Waals surface area contributed by atoms with Crippen LogP contribution in [0.15, 0.2) is 76.7 Å². The van der Waals surface area contributed by atoms with E-state index in [2.05, 4.69) is 10.2 Å². The number of fused-ring (bicyclic) bond motifs is 3. The number of aromatic nitrogens is 4. The molecule has 166 valence electrons. The molecule has 33 heavy (non-hydrogen) atoms. The van der Waals surface area contributed by atoms with Crippen LogP contribution in [0.5, 0.6) is 5.75 Å². The van der Waals surface area contributed by atoms with Crippen molar-refractivity contribution in [3.8, 4) is 11.4 Å². The van der Waals surface area contributed by atoms with Crippen LogP contribution < -0.4 is 10.3 Å². The third kappa shape index (κ3) is 3.87. The number of thioether (sulfide) groups is 1. The molecular formula is C25H21FN4O2S. The first-order valence-corrected chi connectivity index (χ1v) is 11.5. The third-order valence-electron chi connectivity index (χ3n) is 5.40. The van der Waals surface area contributed by atoms with Gasteiger partial charge >= 0.3 is 0 Å². The molecule has 0 aliphatic rings. The van der Waals surface area contributed by atoms with E-state index in [0.717, 1.165) is 22.3 Å². The highest BCUT2D eigenvalue weighted by Crippen LogP contribution is 2.25. The van der Waals surface area contributed by atoms with Gasteiger partial charge in [0, 0.05) is 5.75 Å². The minimum absolute atomic E-state index is 0.142. The number of halogens is 1. The van der Waals surface area contributed by atoms with Gasteiger partial charge in [-0.3, -0.25) is 9.20 Å². The van der Waals surface area contributed by atoms with Gasteiger partial charge < -0.3 is 4.74 Å². The van der Waals surface area contributed by atoms with E-state index < -0.39 is 0 Å². The molecule has 0 aliphatic heterocycles. The molecule has 2 heterocycles. The summed E-state index contributed by atoms with van der Waals surface area (Å²) in [6.45, 7) is 4.30. The average molecular weight is 461 g/mol. The minimum atomic E-state index is -0.390. The lowest BCUT2D eigenvalue weighted by atomic mass is 10.1. The molecular weight excluding hydrogens is 439 g/mol. The van der Waals surface area contributed by atoms with Gasteiger partial charge in [-0.05, 0) is 49.7 Å². The van der Waals surface area contributed by atoms with Crippen molar-refractivity contribution in [2.45, 2.75) is 19.0 Å². The van der Waals surface area contributed by atoms with E-state index in [-0.39, 0.29) is 17.1 Å². The van der Waals surface area contributed by atoms with Crippen LogP contribution >= 0.6 is 11.8 Å². The smallest absolute Gasteiger partial charge is 0.267 e. The zero-order valence-electron chi connectivity index (χ0n) is 18.2. The van der Waals surface area contributed by atoms with Crippen LogP contribution in [0.2, 0.25) is 0 Å². The summed E-state index contributed by atoms with van der Waals surface area (Å²) in [5.41, 5.74) is 3.46. The Labute approximate surface area is 193 Å². The van der Waals surface area contributed by atoms with E-state index >= 15 is 0 Å². The Hall–Kier alpha value is -3.65. The largest absolute Gasteiger partial charge is 0.490 e. The molecule has 0 N–H and O–H groups in total. The van der Waals surface area contributed by atoms with Gasteiger partial charge in [0.1, 0.15) is 0 Å². The number of rotatable bonds is 6. The fourth-order valence-electron chi connectivity index (χ4n) is 3.89. The lowest BCUT2D eigenvalue weighted by molar-refractivity contribution is 0.325. The quantitative estimate of drug-likeness (QED) is 0.265. The molecule has 5 rings (SSSR count). The second kappa shape index (κ2) is 8.71. The Morgan fingerprint density at radius 2 is 1.79 bits per heavy atom. The van der Waals surface area contributed by atoms with Crippen LogP contribution in [0.1, 0.15) is 11.1 Å². The van der Waals surface area contributed by atoms with Crippen molar-refractivity contribution in [2.24, 2.45) is 0 Å². The number of aryl methyl sites for hydroxylation is 2. The van der Waals surface area contributed by atoms with Crippen molar-refractivity contribution in [3.05, 3.63) is 94.0 Å². The van der Waals surface area contributed by atoms with Gasteiger partial charge in [0.05, 0.1) is 23.2 Å². The topological polar surface area (TPSA) is 61.4 Å². The second-order valence-electron chi connectivity index (χ2n) is 7.69. The van der Waals surface area contributed by atoms with Crippen molar-refractivity contribution in [2.75, 3.05) is 12.4 Å². The van der Waals surface area contributed by atoms with Crippen molar-refractivity contribution < 1.29 is 9.13 Å². The molecule has 0 spiro atoms. The predicted molar refractivity (Wildman–Crippen MR) is 128 cm³/mol. The summed E-state index contributed by atoms with van der Waals surface area (Å²) in [5.74, 6) is 0.812. The molecule has 0 fully saturated rings. The summed E-state index contributed by atoms with van der Waals surface area (Å²) >= 11 is 1.44. The molecule has 5 aromatic rings. The van der Waals surface area contributed by atoms with Gasteiger partial charge in [-0.2, -0.15) is 0 Å². The molecule has 0 radical (unpaired) electrons. The molecule has 2 aromatic heterocycles. The molecule has 8 heteroatoms. The fourth-order valence-corrected chi connectivity index (χ4v) is 4.65. The highest BCUT2D eigenvalue weighted by Gasteiger charge is 2.18. The molecule has 0 saturated heterocycles. The standard InChI is InChI=1S/C25H21FN4O2S/c1-16-11-12-20(17(2)15-16)29-23(31)18-7-3-5-9-21(18)30-24(29)27-28-25(30)33-14-13-32-22-10-6-4-8-19(22)26/h3-12,15H,13-14H2,1-2H3. The van der Waals surface area contributed by atoms with E-state index in [1.165, 1.54) is 17.8 Å². The fraction of sp³-hybridized carbons (Fsp3) is 0.160. The first kappa shape index (κ1) is 21.2. The summed E-state index contributed by atoms with van der Waals surface area (Å²) in [7, 11) is 0. The molecule has 6 nitrogen and oxygen atoms in total. The van der Waals surface area contributed by atoms with Crippen LogP contribution in [0.4, 0.5) is 4.39 Å². The Balaban J connectivity index is 1.55. The zero-order valence-corrected chi connectivity index (χ0v) is 19.0. The molecule has 0 bridgehead atoms. The summed E-state index contributed by atoms with van der Waals surface area (Å²) < 4.78 is 22.9. The van der Waals surface area contributed by atoms with E-state index in [1.807, 2.05) is 60.7 Å². The molecule has 0 atom stereocenters. The van der Waals surface area contributed by atoms with Crippen molar-refractivity contribution in [1.29, 1.82) is 0 Å². The highest BCUT2D eigenvalue weighted by atomic mass is 32.2.